The molecule has 2 N–H and O–H groups in total. The van der Waals surface area contributed by atoms with Gasteiger partial charge in [-0.2, -0.15) is 0 Å². The standard InChI is InChI=1S/C8H10BrNO/c1-11-8-3-2-6(5-10)4-7(8)9/h2-4H,5,10H2,1H3/i1D3. The summed E-state index contributed by atoms with van der Waals surface area (Å²) >= 11 is 3.21. The van der Waals surface area contributed by atoms with Crippen LogP contribution >= 0.6 is 15.9 Å². The first-order chi connectivity index (χ1) is 6.42. The van der Waals surface area contributed by atoms with E-state index in [0.717, 1.165) is 5.56 Å². The highest BCUT2D eigenvalue weighted by Crippen LogP contribution is 2.25. The van der Waals surface area contributed by atoms with Gasteiger partial charge in [-0.1, -0.05) is 6.07 Å². The second kappa shape index (κ2) is 3.74. The van der Waals surface area contributed by atoms with E-state index >= 15 is 0 Å². The zero-order chi connectivity index (χ0) is 10.8. The van der Waals surface area contributed by atoms with Gasteiger partial charge in [0, 0.05) is 6.54 Å². The van der Waals surface area contributed by atoms with Crippen molar-refractivity contribution in [2.24, 2.45) is 5.73 Å². The highest BCUT2D eigenvalue weighted by molar-refractivity contribution is 9.10. The fourth-order valence-corrected chi connectivity index (χ4v) is 1.26. The highest BCUT2D eigenvalue weighted by atomic mass is 79.9. The minimum Gasteiger partial charge on any atom is -0.496 e. The largest absolute Gasteiger partial charge is 0.496 e. The number of methoxy groups -OCH3 is 1. The van der Waals surface area contributed by atoms with Crippen molar-refractivity contribution in [2.75, 3.05) is 7.04 Å². The van der Waals surface area contributed by atoms with Gasteiger partial charge in [-0.3, -0.25) is 0 Å². The topological polar surface area (TPSA) is 35.2 Å². The first-order valence-corrected chi connectivity index (χ1v) is 3.89. The summed E-state index contributed by atoms with van der Waals surface area (Å²) in [6.07, 6.45) is 0. The lowest BCUT2D eigenvalue weighted by atomic mass is 10.2. The molecule has 1 aromatic rings. The van der Waals surface area contributed by atoms with E-state index in [-0.39, 0.29) is 0 Å². The number of hydrogen-bond acceptors (Lipinski definition) is 2. The summed E-state index contributed by atoms with van der Waals surface area (Å²) < 4.78 is 26.1. The van der Waals surface area contributed by atoms with Gasteiger partial charge in [0.05, 0.1) is 15.6 Å². The van der Waals surface area contributed by atoms with Crippen molar-refractivity contribution >= 4 is 15.9 Å². The predicted molar refractivity (Wildman–Crippen MR) is 48.6 cm³/mol. The number of nitrogens with two attached hydrogens (primary N) is 1. The molecule has 0 saturated carbocycles. The van der Waals surface area contributed by atoms with Gasteiger partial charge in [-0.15, -0.1) is 0 Å². The molecular weight excluding hydrogens is 206 g/mol. The second-order valence-corrected chi connectivity index (χ2v) is 2.93. The summed E-state index contributed by atoms with van der Waals surface area (Å²) in [6.45, 7) is 0.409. The molecule has 0 aliphatic carbocycles. The van der Waals surface area contributed by atoms with E-state index in [9.17, 15) is 0 Å². The van der Waals surface area contributed by atoms with E-state index < -0.39 is 7.04 Å². The summed E-state index contributed by atoms with van der Waals surface area (Å²) in [4.78, 5) is 0. The molecular formula is C8H10BrNO. The Bertz CT molecular complexity index is 327. The van der Waals surface area contributed by atoms with Gasteiger partial charge in [0.25, 0.3) is 0 Å². The molecule has 1 rings (SSSR count). The van der Waals surface area contributed by atoms with Crippen LogP contribution in [0, 0.1) is 0 Å². The molecule has 0 amide bonds. The van der Waals surface area contributed by atoms with Crippen LogP contribution in [-0.2, 0) is 6.54 Å². The molecule has 0 aliphatic rings. The minimum absolute atomic E-state index is 0.294. The maximum atomic E-state index is 6.93. The fourth-order valence-electron chi connectivity index (χ4n) is 0.754. The summed E-state index contributed by atoms with van der Waals surface area (Å²) in [5.74, 6) is 0.294. The second-order valence-electron chi connectivity index (χ2n) is 2.07. The van der Waals surface area contributed by atoms with Crippen molar-refractivity contribution in [1.82, 2.24) is 0 Å². The summed E-state index contributed by atoms with van der Waals surface area (Å²) in [7, 11) is -2.42. The summed E-state index contributed by atoms with van der Waals surface area (Å²) in [6, 6.07) is 5.05. The predicted octanol–water partition coefficient (Wildman–Crippen LogP) is 1.92. The van der Waals surface area contributed by atoms with Crippen LogP contribution in [0.25, 0.3) is 0 Å². The Morgan fingerprint density at radius 1 is 1.73 bits per heavy atom. The fraction of sp³-hybridized carbons (Fsp3) is 0.250. The van der Waals surface area contributed by atoms with E-state index in [1.807, 2.05) is 0 Å². The SMILES string of the molecule is [2H]C([2H])([2H])Oc1ccc(CN)cc1Br. The molecule has 0 heterocycles. The van der Waals surface area contributed by atoms with Crippen LogP contribution in [0.5, 0.6) is 5.75 Å². The molecule has 0 saturated heterocycles. The maximum Gasteiger partial charge on any atom is 0.133 e. The molecule has 0 aromatic heterocycles. The first-order valence-electron chi connectivity index (χ1n) is 4.60. The highest BCUT2D eigenvalue weighted by Gasteiger charge is 1.98. The lowest BCUT2D eigenvalue weighted by Gasteiger charge is -2.03. The lowest BCUT2D eigenvalue weighted by molar-refractivity contribution is 0.412. The number of ether oxygens (including phenoxy) is 1. The molecule has 0 aliphatic heterocycles. The van der Waals surface area contributed by atoms with Crippen molar-refractivity contribution < 1.29 is 8.85 Å². The zero-order valence-electron chi connectivity index (χ0n) is 8.80. The van der Waals surface area contributed by atoms with Crippen LogP contribution in [-0.4, -0.2) is 7.04 Å². The quantitative estimate of drug-likeness (QED) is 0.824. The van der Waals surface area contributed by atoms with Crippen LogP contribution in [0.1, 0.15) is 9.68 Å². The molecule has 2 nitrogen and oxygen atoms in total. The molecule has 0 bridgehead atoms. The van der Waals surface area contributed by atoms with Crippen LogP contribution in [0.15, 0.2) is 22.7 Å². The average Bonchev–Trinajstić information content (AvgIpc) is 2.06. The van der Waals surface area contributed by atoms with Crippen LogP contribution in [0.3, 0.4) is 0 Å². The maximum absolute atomic E-state index is 6.93. The molecule has 60 valence electrons. The van der Waals surface area contributed by atoms with Crippen molar-refractivity contribution in [3.8, 4) is 5.75 Å². The molecule has 0 unspecified atom stereocenters. The van der Waals surface area contributed by atoms with Crippen molar-refractivity contribution in [3.05, 3.63) is 28.2 Å². The monoisotopic (exact) mass is 218 g/mol. The Morgan fingerprint density at radius 2 is 2.55 bits per heavy atom. The third-order valence-corrected chi connectivity index (χ3v) is 1.96. The Hall–Kier alpha value is -0.540. The average molecular weight is 219 g/mol. The van der Waals surface area contributed by atoms with Crippen molar-refractivity contribution in [3.63, 3.8) is 0 Å². The Balaban J connectivity index is 2.89. The molecule has 0 fully saturated rings. The van der Waals surface area contributed by atoms with E-state index in [2.05, 4.69) is 15.9 Å². The van der Waals surface area contributed by atoms with Crippen LogP contribution in [0.4, 0.5) is 0 Å². The van der Waals surface area contributed by atoms with E-state index in [1.165, 1.54) is 0 Å². The molecule has 11 heavy (non-hydrogen) atoms. The lowest BCUT2D eigenvalue weighted by Crippen LogP contribution is -1.96. The third kappa shape index (κ3) is 1.94. The molecule has 3 heteroatoms. The van der Waals surface area contributed by atoms with Gasteiger partial charge in [-0.25, -0.2) is 0 Å². The third-order valence-electron chi connectivity index (χ3n) is 1.34. The first kappa shape index (κ1) is 5.17. The van der Waals surface area contributed by atoms with E-state index in [0.29, 0.717) is 16.8 Å². The van der Waals surface area contributed by atoms with E-state index in [1.54, 1.807) is 18.2 Å². The van der Waals surface area contributed by atoms with Gasteiger partial charge in [0.2, 0.25) is 0 Å². The number of halogens is 1. The zero-order valence-corrected chi connectivity index (χ0v) is 7.39. The van der Waals surface area contributed by atoms with Gasteiger partial charge in [-0.05, 0) is 33.6 Å². The van der Waals surface area contributed by atoms with Gasteiger partial charge < -0.3 is 10.5 Å². The Kier molecular flexibility index (Phi) is 1.76. The van der Waals surface area contributed by atoms with Crippen LogP contribution < -0.4 is 10.5 Å². The van der Waals surface area contributed by atoms with Gasteiger partial charge >= 0.3 is 0 Å². The van der Waals surface area contributed by atoms with Gasteiger partial charge in [0.1, 0.15) is 5.75 Å². The molecule has 1 aromatic carbocycles. The number of benzene rings is 1. The smallest absolute Gasteiger partial charge is 0.133 e. The molecule has 0 atom stereocenters. The van der Waals surface area contributed by atoms with Crippen molar-refractivity contribution in [1.29, 1.82) is 0 Å². The minimum atomic E-state index is -2.42. The Labute approximate surface area is 78.7 Å². The van der Waals surface area contributed by atoms with Crippen molar-refractivity contribution in [2.45, 2.75) is 6.54 Å². The number of hydrogen-bond donors (Lipinski definition) is 1. The van der Waals surface area contributed by atoms with Gasteiger partial charge in [0.15, 0.2) is 0 Å². The summed E-state index contributed by atoms with van der Waals surface area (Å²) in [5.41, 5.74) is 6.34. The summed E-state index contributed by atoms with van der Waals surface area (Å²) in [5, 5.41) is 0. The normalized spacial score (nSPS) is 14.9. The molecule has 0 spiro atoms. The van der Waals surface area contributed by atoms with E-state index in [4.69, 9.17) is 14.6 Å². The Morgan fingerprint density at radius 3 is 3.09 bits per heavy atom. The number of rotatable bonds is 2. The van der Waals surface area contributed by atoms with Crippen LogP contribution in [0.2, 0.25) is 0 Å². The molecule has 0 radical (unpaired) electrons.